The number of hydrogen-bond acceptors (Lipinski definition) is 4. The highest BCUT2D eigenvalue weighted by Crippen LogP contribution is 2.31. The zero-order valence-corrected chi connectivity index (χ0v) is 7.09. The molecule has 1 saturated heterocycles. The Labute approximate surface area is 78.3 Å². The molecule has 4 nitrogen and oxygen atoms in total. The van der Waals surface area contributed by atoms with Gasteiger partial charge in [0.2, 0.25) is 5.67 Å². The minimum absolute atomic E-state index is 0.0902. The molecule has 1 aliphatic rings. The van der Waals surface area contributed by atoms with Gasteiger partial charge in [0.05, 0.1) is 0 Å². The summed E-state index contributed by atoms with van der Waals surface area (Å²) in [5.74, 6) is -0.207. The summed E-state index contributed by atoms with van der Waals surface area (Å²) in [5, 5.41) is 6.32. The molecule has 1 N–H and O–H groups in total. The van der Waals surface area contributed by atoms with Crippen LogP contribution in [0.3, 0.4) is 0 Å². The van der Waals surface area contributed by atoms with E-state index in [9.17, 15) is 4.39 Å². The summed E-state index contributed by atoms with van der Waals surface area (Å²) >= 11 is 0. The van der Waals surface area contributed by atoms with Crippen LogP contribution in [0.1, 0.15) is 27.3 Å². The highest BCUT2D eigenvalue weighted by Gasteiger charge is 2.39. The number of alkyl halides is 1. The maximum absolute atomic E-state index is 14.2. The van der Waals surface area contributed by atoms with Crippen LogP contribution in [0.5, 0.6) is 0 Å². The number of piperidine rings is 1. The fraction of sp³-hybridized carbons (Fsp3) is 0.750. The fourth-order valence-corrected chi connectivity index (χ4v) is 1.47. The first-order valence-electron chi connectivity index (χ1n) is 5.35. The van der Waals surface area contributed by atoms with Crippen molar-refractivity contribution >= 4 is 0 Å². The first-order chi connectivity index (χ1) is 7.12. The van der Waals surface area contributed by atoms with Gasteiger partial charge < -0.3 is 9.84 Å². The third-order valence-corrected chi connectivity index (χ3v) is 2.16. The van der Waals surface area contributed by atoms with E-state index in [1.165, 1.54) is 0 Å². The summed E-state index contributed by atoms with van der Waals surface area (Å²) in [4.78, 5) is 3.74. The van der Waals surface area contributed by atoms with Gasteiger partial charge in [-0.05, 0) is 26.3 Å². The second kappa shape index (κ2) is 3.06. The SMILES string of the molecule is [2H]C([2H])c1noc([C@@]2(F)CCCNC2)n1. The van der Waals surface area contributed by atoms with Crippen molar-refractivity contribution in [3.63, 3.8) is 0 Å². The van der Waals surface area contributed by atoms with Crippen molar-refractivity contribution in [1.82, 2.24) is 15.5 Å². The number of nitrogens with one attached hydrogen (secondary N) is 1. The Morgan fingerprint density at radius 2 is 2.69 bits per heavy atom. The lowest BCUT2D eigenvalue weighted by atomic mass is 9.96. The van der Waals surface area contributed by atoms with Crippen LogP contribution in [0.4, 0.5) is 4.39 Å². The van der Waals surface area contributed by atoms with Crippen LogP contribution < -0.4 is 5.32 Å². The third kappa shape index (κ3) is 1.56. The predicted octanol–water partition coefficient (Wildman–Crippen LogP) is 0.926. The van der Waals surface area contributed by atoms with Crippen molar-refractivity contribution in [3.8, 4) is 0 Å². The molecule has 2 rings (SSSR count). The van der Waals surface area contributed by atoms with Crippen molar-refractivity contribution in [2.75, 3.05) is 13.1 Å². The molecule has 5 heteroatoms. The average molecular weight is 187 g/mol. The third-order valence-electron chi connectivity index (χ3n) is 2.16. The van der Waals surface area contributed by atoms with Gasteiger partial charge in [-0.2, -0.15) is 4.98 Å². The lowest BCUT2D eigenvalue weighted by Crippen LogP contribution is -2.40. The van der Waals surface area contributed by atoms with Crippen LogP contribution in [-0.2, 0) is 5.67 Å². The van der Waals surface area contributed by atoms with Gasteiger partial charge in [-0.1, -0.05) is 5.16 Å². The first-order valence-corrected chi connectivity index (χ1v) is 4.20. The molecule has 0 amide bonds. The van der Waals surface area contributed by atoms with Crippen molar-refractivity contribution in [3.05, 3.63) is 11.7 Å². The van der Waals surface area contributed by atoms with Crippen LogP contribution in [0.15, 0.2) is 4.52 Å². The van der Waals surface area contributed by atoms with Crippen LogP contribution in [0.2, 0.25) is 0 Å². The van der Waals surface area contributed by atoms with E-state index in [1.807, 2.05) is 0 Å². The Bertz CT molecular complexity index is 338. The van der Waals surface area contributed by atoms with Crippen LogP contribution in [0, 0.1) is 6.88 Å². The Hall–Kier alpha value is -0.970. The largest absolute Gasteiger partial charge is 0.336 e. The number of aromatic nitrogens is 2. The molecular formula is C8H12FN3O. The smallest absolute Gasteiger partial charge is 0.265 e. The maximum atomic E-state index is 14.2. The fourth-order valence-electron chi connectivity index (χ4n) is 1.47. The quantitative estimate of drug-likeness (QED) is 0.710. The van der Waals surface area contributed by atoms with Crippen LogP contribution >= 0.6 is 0 Å². The van der Waals surface area contributed by atoms with Gasteiger partial charge in [0, 0.05) is 9.29 Å². The molecular weight excluding hydrogens is 173 g/mol. The van der Waals surface area contributed by atoms with Gasteiger partial charge in [-0.15, -0.1) is 0 Å². The van der Waals surface area contributed by atoms with Gasteiger partial charge in [-0.25, -0.2) is 4.39 Å². The van der Waals surface area contributed by atoms with Crippen molar-refractivity contribution < 1.29 is 11.7 Å². The van der Waals surface area contributed by atoms with Crippen molar-refractivity contribution in [2.24, 2.45) is 0 Å². The normalized spacial score (nSPS) is 31.5. The Kier molecular flexibility index (Phi) is 1.53. The number of hydrogen-bond donors (Lipinski definition) is 1. The maximum Gasteiger partial charge on any atom is 0.265 e. The van der Waals surface area contributed by atoms with E-state index in [0.717, 1.165) is 6.54 Å². The molecule has 1 aromatic rings. The molecule has 72 valence electrons. The molecule has 0 radical (unpaired) electrons. The molecule has 0 aliphatic carbocycles. The molecule has 1 atom stereocenters. The summed E-state index contributed by atoms with van der Waals surface area (Å²) < 4.78 is 33.1. The van der Waals surface area contributed by atoms with Gasteiger partial charge >= 0.3 is 0 Å². The molecule has 13 heavy (non-hydrogen) atoms. The predicted molar refractivity (Wildman–Crippen MR) is 43.9 cm³/mol. The second-order valence-corrected chi connectivity index (χ2v) is 3.20. The summed E-state index contributed by atoms with van der Waals surface area (Å²) in [6.07, 6.45) is 1.04. The van der Waals surface area contributed by atoms with Crippen LogP contribution in [-0.4, -0.2) is 23.2 Å². The number of halogens is 1. The van der Waals surface area contributed by atoms with Gasteiger partial charge in [0.15, 0.2) is 5.82 Å². The summed E-state index contributed by atoms with van der Waals surface area (Å²) in [5.41, 5.74) is -1.64. The lowest BCUT2D eigenvalue weighted by Gasteiger charge is -2.26. The first kappa shape index (κ1) is 6.48. The van der Waals surface area contributed by atoms with E-state index in [1.54, 1.807) is 0 Å². The zero-order chi connectivity index (χ0) is 10.9. The van der Waals surface area contributed by atoms with E-state index in [-0.39, 0.29) is 18.3 Å². The molecule has 0 unspecified atom stereocenters. The number of rotatable bonds is 1. The molecule has 1 aromatic heterocycles. The van der Waals surface area contributed by atoms with Crippen LogP contribution in [0.25, 0.3) is 0 Å². The van der Waals surface area contributed by atoms with E-state index >= 15 is 0 Å². The molecule has 0 aromatic carbocycles. The lowest BCUT2D eigenvalue weighted by molar-refractivity contribution is 0.0785. The van der Waals surface area contributed by atoms with Crippen molar-refractivity contribution in [1.29, 1.82) is 0 Å². The monoisotopic (exact) mass is 187 g/mol. The molecule has 2 heterocycles. The minimum atomic E-state index is -1.64. The molecule has 1 fully saturated rings. The Morgan fingerprint density at radius 1 is 1.77 bits per heavy atom. The zero-order valence-electron chi connectivity index (χ0n) is 9.09. The molecule has 1 aliphatic heterocycles. The van der Waals surface area contributed by atoms with E-state index in [0.29, 0.717) is 12.8 Å². The second-order valence-electron chi connectivity index (χ2n) is 3.20. The summed E-state index contributed by atoms with van der Waals surface area (Å²) in [6.45, 7) is -0.399. The topological polar surface area (TPSA) is 51.0 Å². The summed E-state index contributed by atoms with van der Waals surface area (Å²) in [6, 6.07) is 0. The van der Waals surface area contributed by atoms with E-state index < -0.39 is 12.5 Å². The molecule has 0 saturated carbocycles. The van der Waals surface area contributed by atoms with Gasteiger partial charge in [0.1, 0.15) is 0 Å². The average Bonchev–Trinajstić information content (AvgIpc) is 2.68. The van der Waals surface area contributed by atoms with E-state index in [4.69, 9.17) is 7.26 Å². The number of nitrogens with zero attached hydrogens (tertiary/aromatic N) is 2. The summed E-state index contributed by atoms with van der Waals surface area (Å²) in [7, 11) is 0. The Balaban J connectivity index is 2.20. The minimum Gasteiger partial charge on any atom is -0.336 e. The molecule has 0 spiro atoms. The van der Waals surface area contributed by atoms with Gasteiger partial charge in [0.25, 0.3) is 5.89 Å². The molecule has 0 bridgehead atoms. The highest BCUT2D eigenvalue weighted by atomic mass is 19.1. The van der Waals surface area contributed by atoms with E-state index in [2.05, 4.69) is 15.5 Å². The van der Waals surface area contributed by atoms with Crippen molar-refractivity contribution in [2.45, 2.75) is 25.4 Å². The van der Waals surface area contributed by atoms with Gasteiger partial charge in [-0.3, -0.25) is 0 Å². The highest BCUT2D eigenvalue weighted by molar-refractivity contribution is 5.01. The Morgan fingerprint density at radius 3 is 3.31 bits per heavy atom. The standard InChI is InChI=1S/C8H12FN3O/c1-6-11-7(13-12-6)8(9)3-2-4-10-5-8/h10H,2-5H2,1H3/t8-/m1/s1/i1D2. The number of aryl methyl sites for hydroxylation is 1.